The first kappa shape index (κ1) is 16.8. The molecule has 0 saturated heterocycles. The van der Waals surface area contributed by atoms with Gasteiger partial charge >= 0.3 is 0 Å². The van der Waals surface area contributed by atoms with Crippen LogP contribution in [0.5, 0.6) is 5.88 Å². The summed E-state index contributed by atoms with van der Waals surface area (Å²) in [5, 5.41) is 9.85. The van der Waals surface area contributed by atoms with Crippen molar-refractivity contribution >= 4 is 11.6 Å². The lowest BCUT2D eigenvalue weighted by molar-refractivity contribution is 0.139. The number of pyridine rings is 1. The van der Waals surface area contributed by atoms with E-state index in [1.165, 1.54) is 11.3 Å². The van der Waals surface area contributed by atoms with Gasteiger partial charge in [-0.15, -0.1) is 10.2 Å². The van der Waals surface area contributed by atoms with Gasteiger partial charge in [0.25, 0.3) is 0 Å². The predicted octanol–water partition coefficient (Wildman–Crippen LogP) is 4.52. The van der Waals surface area contributed by atoms with E-state index in [4.69, 9.17) is 16.3 Å². The predicted molar refractivity (Wildman–Crippen MR) is 104 cm³/mol. The van der Waals surface area contributed by atoms with Crippen molar-refractivity contribution in [1.82, 2.24) is 19.7 Å². The van der Waals surface area contributed by atoms with Gasteiger partial charge in [-0.3, -0.25) is 4.57 Å². The Labute approximate surface area is 163 Å². The van der Waals surface area contributed by atoms with Crippen molar-refractivity contribution < 1.29 is 4.74 Å². The van der Waals surface area contributed by atoms with Gasteiger partial charge in [0.1, 0.15) is 17.8 Å². The van der Waals surface area contributed by atoms with Crippen LogP contribution < -0.4 is 4.74 Å². The highest BCUT2D eigenvalue weighted by Gasteiger charge is 2.30. The van der Waals surface area contributed by atoms with E-state index in [0.29, 0.717) is 11.8 Å². The van der Waals surface area contributed by atoms with Gasteiger partial charge in [-0.1, -0.05) is 17.7 Å². The number of fused-ring (bicyclic) bond motifs is 3. The number of hydrogen-bond acceptors (Lipinski definition) is 4. The number of halogens is 1. The third-order valence-corrected chi connectivity index (χ3v) is 5.86. The van der Waals surface area contributed by atoms with E-state index in [2.05, 4.69) is 31.9 Å². The van der Waals surface area contributed by atoms with Crippen molar-refractivity contribution in [3.8, 4) is 11.6 Å². The number of aryl methyl sites for hydroxylation is 2. The molecule has 0 N–H and O–H groups in total. The molecule has 6 heteroatoms. The van der Waals surface area contributed by atoms with Crippen LogP contribution in [0.1, 0.15) is 48.8 Å². The second-order valence-corrected chi connectivity index (χ2v) is 7.78. The molecule has 27 heavy (non-hydrogen) atoms. The van der Waals surface area contributed by atoms with Gasteiger partial charge in [0, 0.05) is 29.6 Å². The van der Waals surface area contributed by atoms with Crippen molar-refractivity contribution in [2.24, 2.45) is 0 Å². The van der Waals surface area contributed by atoms with Gasteiger partial charge in [0.2, 0.25) is 5.88 Å². The van der Waals surface area contributed by atoms with Crippen LogP contribution in [0.25, 0.3) is 5.69 Å². The maximum atomic E-state index is 6.19. The molecule has 3 aromatic rings. The SMILES string of the molecule is Clc1ccc2c(c1)CCc1nnc(C3CCC(Oc4ccccn4)CC3)n1-2. The van der Waals surface area contributed by atoms with Crippen LogP contribution >= 0.6 is 11.6 Å². The molecule has 0 bridgehead atoms. The topological polar surface area (TPSA) is 52.8 Å². The highest BCUT2D eigenvalue weighted by atomic mass is 35.5. The Morgan fingerprint density at radius 2 is 1.89 bits per heavy atom. The summed E-state index contributed by atoms with van der Waals surface area (Å²) in [6, 6.07) is 11.9. The molecule has 0 radical (unpaired) electrons. The van der Waals surface area contributed by atoms with E-state index in [-0.39, 0.29) is 6.10 Å². The Kier molecular flexibility index (Phi) is 4.32. The average molecular weight is 381 g/mol. The summed E-state index contributed by atoms with van der Waals surface area (Å²) in [5.41, 5.74) is 2.47. The Hall–Kier alpha value is -2.40. The number of benzene rings is 1. The number of rotatable bonds is 3. The van der Waals surface area contributed by atoms with Crippen LogP contribution in [-0.2, 0) is 12.8 Å². The molecule has 1 aliphatic carbocycles. The molecular weight excluding hydrogens is 360 g/mol. The maximum Gasteiger partial charge on any atom is 0.213 e. The summed E-state index contributed by atoms with van der Waals surface area (Å²) in [4.78, 5) is 4.27. The van der Waals surface area contributed by atoms with E-state index < -0.39 is 0 Å². The van der Waals surface area contributed by atoms with Crippen molar-refractivity contribution in [1.29, 1.82) is 0 Å². The fraction of sp³-hybridized carbons (Fsp3) is 0.381. The first-order chi connectivity index (χ1) is 13.3. The molecule has 0 amide bonds. The van der Waals surface area contributed by atoms with Crippen molar-refractivity contribution in [2.75, 3.05) is 0 Å². The molecule has 5 nitrogen and oxygen atoms in total. The number of aromatic nitrogens is 4. The lowest BCUT2D eigenvalue weighted by atomic mass is 9.86. The summed E-state index contributed by atoms with van der Waals surface area (Å²) in [7, 11) is 0. The normalized spacial score (nSPS) is 21.4. The molecule has 1 saturated carbocycles. The van der Waals surface area contributed by atoms with E-state index in [1.54, 1.807) is 6.20 Å². The summed E-state index contributed by atoms with van der Waals surface area (Å²) in [5.74, 6) is 3.28. The van der Waals surface area contributed by atoms with Crippen LogP contribution in [0.2, 0.25) is 5.02 Å². The second kappa shape index (κ2) is 6.97. The first-order valence-corrected chi connectivity index (χ1v) is 9.96. The van der Waals surface area contributed by atoms with Gasteiger partial charge in [0.05, 0.1) is 5.69 Å². The zero-order valence-electron chi connectivity index (χ0n) is 15.0. The standard InChI is InChI=1S/C21H21ClN4O/c22-16-7-10-18-15(13-16)6-11-19-24-25-21(26(18)19)14-4-8-17(9-5-14)27-20-3-1-2-12-23-20/h1-3,7,10,12-14,17H,4-6,8-9,11H2. The largest absolute Gasteiger partial charge is 0.474 e. The van der Waals surface area contributed by atoms with Gasteiger partial charge in [-0.2, -0.15) is 0 Å². The zero-order chi connectivity index (χ0) is 18.2. The summed E-state index contributed by atoms with van der Waals surface area (Å²) >= 11 is 6.19. The van der Waals surface area contributed by atoms with E-state index >= 15 is 0 Å². The average Bonchev–Trinajstić information content (AvgIpc) is 3.14. The quantitative estimate of drug-likeness (QED) is 0.670. The number of ether oxygens (including phenoxy) is 1. The minimum absolute atomic E-state index is 0.228. The van der Waals surface area contributed by atoms with Gasteiger partial charge in [0.15, 0.2) is 0 Å². The molecule has 1 aromatic carbocycles. The number of nitrogens with zero attached hydrogens (tertiary/aromatic N) is 4. The molecule has 5 rings (SSSR count). The van der Waals surface area contributed by atoms with Crippen LogP contribution in [0.3, 0.4) is 0 Å². The molecule has 0 spiro atoms. The van der Waals surface area contributed by atoms with Gasteiger partial charge in [-0.05, 0) is 61.9 Å². The molecule has 0 atom stereocenters. The summed E-state index contributed by atoms with van der Waals surface area (Å²) in [6.45, 7) is 0. The monoisotopic (exact) mass is 380 g/mol. The Bertz CT molecular complexity index is 948. The molecule has 3 heterocycles. The summed E-state index contributed by atoms with van der Waals surface area (Å²) in [6.07, 6.45) is 8.01. The molecule has 138 valence electrons. The van der Waals surface area contributed by atoms with Crippen LogP contribution in [0, 0.1) is 0 Å². The second-order valence-electron chi connectivity index (χ2n) is 7.34. The van der Waals surface area contributed by atoms with Crippen LogP contribution in [0.4, 0.5) is 0 Å². The minimum Gasteiger partial charge on any atom is -0.474 e. The fourth-order valence-electron chi connectivity index (χ4n) is 4.26. The van der Waals surface area contributed by atoms with Gasteiger partial charge in [-0.25, -0.2) is 4.98 Å². The Morgan fingerprint density at radius 3 is 2.70 bits per heavy atom. The van der Waals surface area contributed by atoms with E-state index in [9.17, 15) is 0 Å². The third-order valence-electron chi connectivity index (χ3n) is 5.62. The third kappa shape index (κ3) is 3.21. The lowest BCUT2D eigenvalue weighted by Crippen LogP contribution is -2.25. The van der Waals surface area contributed by atoms with E-state index in [0.717, 1.165) is 55.2 Å². The Balaban J connectivity index is 1.34. The smallest absolute Gasteiger partial charge is 0.213 e. The summed E-state index contributed by atoms with van der Waals surface area (Å²) < 4.78 is 8.30. The molecule has 2 aromatic heterocycles. The minimum atomic E-state index is 0.228. The molecule has 1 fully saturated rings. The number of hydrogen-bond donors (Lipinski definition) is 0. The lowest BCUT2D eigenvalue weighted by Gasteiger charge is -2.29. The molecule has 2 aliphatic rings. The maximum absolute atomic E-state index is 6.19. The molecule has 1 aliphatic heterocycles. The van der Waals surface area contributed by atoms with E-state index in [1.807, 2.05) is 24.3 Å². The highest BCUT2D eigenvalue weighted by molar-refractivity contribution is 6.30. The van der Waals surface area contributed by atoms with Crippen LogP contribution in [0.15, 0.2) is 42.6 Å². The van der Waals surface area contributed by atoms with Gasteiger partial charge < -0.3 is 4.74 Å². The van der Waals surface area contributed by atoms with Crippen LogP contribution in [-0.4, -0.2) is 25.9 Å². The van der Waals surface area contributed by atoms with Crippen molar-refractivity contribution in [3.05, 3.63) is 64.8 Å². The Morgan fingerprint density at radius 1 is 1.00 bits per heavy atom. The molecular formula is C21H21ClN4O. The highest BCUT2D eigenvalue weighted by Crippen LogP contribution is 2.37. The van der Waals surface area contributed by atoms with Crippen molar-refractivity contribution in [3.63, 3.8) is 0 Å². The van der Waals surface area contributed by atoms with Crippen molar-refractivity contribution in [2.45, 2.75) is 50.5 Å². The first-order valence-electron chi connectivity index (χ1n) is 9.58. The fourth-order valence-corrected chi connectivity index (χ4v) is 4.46. The molecule has 0 unspecified atom stereocenters. The zero-order valence-corrected chi connectivity index (χ0v) is 15.8.